The Kier molecular flexibility index (Phi) is 7.58. The summed E-state index contributed by atoms with van der Waals surface area (Å²) in [6.07, 6.45) is 3.38. The molecule has 0 radical (unpaired) electrons. The van der Waals surface area contributed by atoms with Crippen LogP contribution in [0.15, 0.2) is 76.1 Å². The molecule has 0 atom stereocenters. The maximum Gasteiger partial charge on any atom is 0.261 e. The van der Waals surface area contributed by atoms with E-state index in [2.05, 4.69) is 43.5 Å². The van der Waals surface area contributed by atoms with Gasteiger partial charge in [-0.2, -0.15) is 0 Å². The molecule has 0 unspecified atom stereocenters. The second-order valence-corrected chi connectivity index (χ2v) is 11.0. The summed E-state index contributed by atoms with van der Waals surface area (Å²) in [4.78, 5) is 5.02. The Morgan fingerprint density at radius 2 is 1.76 bits per heavy atom. The van der Waals surface area contributed by atoms with Gasteiger partial charge in [0.05, 0.1) is 21.6 Å². The lowest BCUT2D eigenvalue weighted by Crippen LogP contribution is -2.15. The fourth-order valence-corrected chi connectivity index (χ4v) is 5.37. The van der Waals surface area contributed by atoms with Crippen molar-refractivity contribution in [3.05, 3.63) is 82.3 Å². The van der Waals surface area contributed by atoms with Crippen LogP contribution < -0.4 is 10.0 Å². The quantitative estimate of drug-likeness (QED) is 0.219. The van der Waals surface area contributed by atoms with Crippen LogP contribution in [0.25, 0.3) is 11.0 Å². The Labute approximate surface area is 209 Å². The van der Waals surface area contributed by atoms with Crippen molar-refractivity contribution in [3.8, 4) is 0 Å². The van der Waals surface area contributed by atoms with E-state index >= 15 is 0 Å². The summed E-state index contributed by atoms with van der Waals surface area (Å²) < 4.78 is 31.8. The number of hydrogen-bond acceptors (Lipinski definition) is 4. The Morgan fingerprint density at radius 3 is 2.53 bits per heavy atom. The Balaban J connectivity index is 1.59. The number of sulfonamides is 1. The van der Waals surface area contributed by atoms with Crippen LogP contribution in [-0.2, 0) is 23.1 Å². The summed E-state index contributed by atoms with van der Waals surface area (Å²) in [6, 6.07) is 20.5. The number of benzene rings is 3. The van der Waals surface area contributed by atoms with Crippen molar-refractivity contribution in [2.75, 3.05) is 10.0 Å². The van der Waals surface area contributed by atoms with E-state index in [9.17, 15) is 8.42 Å². The standard InChI is InChI=1S/C26H29BrN4O2S/c1-3-4-7-16-31-25-9-6-5-8-24(25)29-26(31)28-18-20-17-21(27)12-15-23(20)30-34(32,33)22-13-10-19(2)11-14-22/h5-6,8-15,17,30H,3-4,7,16,18H2,1-2H3,(H,28,29). The molecule has 1 aromatic heterocycles. The highest BCUT2D eigenvalue weighted by Gasteiger charge is 2.17. The third kappa shape index (κ3) is 5.62. The van der Waals surface area contributed by atoms with Gasteiger partial charge in [-0.25, -0.2) is 13.4 Å². The molecule has 0 bridgehead atoms. The molecule has 0 amide bonds. The summed E-state index contributed by atoms with van der Waals surface area (Å²) in [5.74, 6) is 0.782. The number of aryl methyl sites for hydroxylation is 2. The van der Waals surface area contributed by atoms with Crippen molar-refractivity contribution >= 4 is 48.6 Å². The van der Waals surface area contributed by atoms with Crippen LogP contribution in [0.2, 0.25) is 0 Å². The van der Waals surface area contributed by atoms with Gasteiger partial charge in [0.25, 0.3) is 10.0 Å². The number of imidazole rings is 1. The monoisotopic (exact) mass is 540 g/mol. The molecule has 0 aliphatic rings. The van der Waals surface area contributed by atoms with Crippen molar-refractivity contribution in [1.29, 1.82) is 0 Å². The van der Waals surface area contributed by atoms with Crippen LogP contribution in [-0.4, -0.2) is 18.0 Å². The largest absolute Gasteiger partial charge is 0.351 e. The summed E-state index contributed by atoms with van der Waals surface area (Å²) >= 11 is 3.51. The number of para-hydroxylation sites is 2. The third-order valence-electron chi connectivity index (χ3n) is 5.72. The minimum atomic E-state index is -3.71. The number of halogens is 1. The summed E-state index contributed by atoms with van der Waals surface area (Å²) in [5, 5.41) is 3.44. The van der Waals surface area contributed by atoms with Gasteiger partial charge in [0, 0.05) is 17.6 Å². The second-order valence-electron chi connectivity index (χ2n) is 8.36. The Bertz CT molecular complexity index is 1380. The molecule has 178 valence electrons. The van der Waals surface area contributed by atoms with Crippen molar-refractivity contribution in [2.45, 2.75) is 51.1 Å². The van der Waals surface area contributed by atoms with E-state index in [0.29, 0.717) is 12.2 Å². The maximum absolute atomic E-state index is 13.0. The van der Waals surface area contributed by atoms with Crippen LogP contribution in [0.1, 0.15) is 37.3 Å². The number of nitrogens with zero attached hydrogens (tertiary/aromatic N) is 2. The van der Waals surface area contributed by atoms with Crippen molar-refractivity contribution in [2.24, 2.45) is 0 Å². The van der Waals surface area contributed by atoms with E-state index in [1.807, 2.05) is 37.3 Å². The lowest BCUT2D eigenvalue weighted by atomic mass is 10.2. The number of anilines is 2. The highest BCUT2D eigenvalue weighted by atomic mass is 79.9. The van der Waals surface area contributed by atoms with Gasteiger partial charge in [-0.05, 0) is 61.4 Å². The van der Waals surface area contributed by atoms with Gasteiger partial charge < -0.3 is 9.88 Å². The van der Waals surface area contributed by atoms with E-state index in [1.54, 1.807) is 30.3 Å². The first-order valence-electron chi connectivity index (χ1n) is 11.4. The van der Waals surface area contributed by atoms with E-state index in [4.69, 9.17) is 4.98 Å². The fraction of sp³-hybridized carbons (Fsp3) is 0.269. The van der Waals surface area contributed by atoms with Crippen LogP contribution in [0.3, 0.4) is 0 Å². The molecule has 2 N–H and O–H groups in total. The van der Waals surface area contributed by atoms with Crippen LogP contribution in [0, 0.1) is 6.92 Å². The lowest BCUT2D eigenvalue weighted by Gasteiger charge is -2.15. The average Bonchev–Trinajstić information content (AvgIpc) is 3.17. The first kappa shape index (κ1) is 24.3. The normalized spacial score (nSPS) is 11.6. The van der Waals surface area contributed by atoms with E-state index < -0.39 is 10.0 Å². The van der Waals surface area contributed by atoms with E-state index in [-0.39, 0.29) is 4.90 Å². The zero-order valence-corrected chi connectivity index (χ0v) is 21.8. The molecule has 4 aromatic rings. The molecule has 0 aliphatic heterocycles. The topological polar surface area (TPSA) is 76.0 Å². The van der Waals surface area contributed by atoms with Crippen LogP contribution in [0.4, 0.5) is 11.6 Å². The molecular formula is C26H29BrN4O2S. The molecule has 0 saturated carbocycles. The number of rotatable bonds is 10. The molecule has 0 saturated heterocycles. The minimum absolute atomic E-state index is 0.234. The van der Waals surface area contributed by atoms with Gasteiger partial charge in [0.1, 0.15) is 0 Å². The molecule has 1 heterocycles. The second kappa shape index (κ2) is 10.6. The molecule has 4 rings (SSSR count). The van der Waals surface area contributed by atoms with Gasteiger partial charge in [-0.15, -0.1) is 0 Å². The molecule has 34 heavy (non-hydrogen) atoms. The van der Waals surface area contributed by atoms with Gasteiger partial charge >= 0.3 is 0 Å². The van der Waals surface area contributed by atoms with Gasteiger partial charge in [-0.3, -0.25) is 4.72 Å². The fourth-order valence-electron chi connectivity index (χ4n) is 3.86. The van der Waals surface area contributed by atoms with Crippen LogP contribution >= 0.6 is 15.9 Å². The van der Waals surface area contributed by atoms with E-state index in [1.165, 1.54) is 0 Å². The number of hydrogen-bond donors (Lipinski definition) is 2. The van der Waals surface area contributed by atoms with Gasteiger partial charge in [0.15, 0.2) is 0 Å². The first-order chi connectivity index (χ1) is 16.4. The van der Waals surface area contributed by atoms with Gasteiger partial charge in [0.2, 0.25) is 5.95 Å². The number of aromatic nitrogens is 2. The number of unbranched alkanes of at least 4 members (excludes halogenated alkanes) is 2. The molecular weight excluding hydrogens is 512 g/mol. The number of fused-ring (bicyclic) bond motifs is 1. The molecule has 0 fully saturated rings. The predicted octanol–water partition coefficient (Wildman–Crippen LogP) is 6.71. The van der Waals surface area contributed by atoms with Crippen LogP contribution in [0.5, 0.6) is 0 Å². The molecule has 0 aliphatic carbocycles. The van der Waals surface area contributed by atoms with Gasteiger partial charge in [-0.1, -0.05) is 65.5 Å². The summed E-state index contributed by atoms with van der Waals surface area (Å²) in [6.45, 7) is 5.42. The third-order valence-corrected chi connectivity index (χ3v) is 7.59. The van der Waals surface area contributed by atoms with Crippen molar-refractivity contribution < 1.29 is 8.42 Å². The molecule has 0 spiro atoms. The highest BCUT2D eigenvalue weighted by Crippen LogP contribution is 2.26. The predicted molar refractivity (Wildman–Crippen MR) is 143 cm³/mol. The SMILES string of the molecule is CCCCCn1c(NCc2cc(Br)ccc2NS(=O)(=O)c2ccc(C)cc2)nc2ccccc21. The highest BCUT2D eigenvalue weighted by molar-refractivity contribution is 9.10. The summed E-state index contributed by atoms with van der Waals surface area (Å²) in [7, 11) is -3.71. The minimum Gasteiger partial charge on any atom is -0.351 e. The zero-order valence-electron chi connectivity index (χ0n) is 19.4. The molecule has 3 aromatic carbocycles. The molecule has 8 heteroatoms. The first-order valence-corrected chi connectivity index (χ1v) is 13.7. The lowest BCUT2D eigenvalue weighted by molar-refractivity contribution is 0.601. The maximum atomic E-state index is 13.0. The van der Waals surface area contributed by atoms with Crippen molar-refractivity contribution in [3.63, 3.8) is 0 Å². The summed E-state index contributed by atoms with van der Waals surface area (Å²) in [5.41, 5.74) is 4.39. The Morgan fingerprint density at radius 1 is 1.00 bits per heavy atom. The smallest absolute Gasteiger partial charge is 0.261 e. The zero-order chi connectivity index (χ0) is 24.1. The number of nitrogens with one attached hydrogen (secondary N) is 2. The average molecular weight is 542 g/mol. The Hall–Kier alpha value is -2.84. The molecule has 6 nitrogen and oxygen atoms in total. The van der Waals surface area contributed by atoms with E-state index in [0.717, 1.165) is 58.4 Å². The van der Waals surface area contributed by atoms with Crippen molar-refractivity contribution in [1.82, 2.24) is 9.55 Å².